The van der Waals surface area contributed by atoms with E-state index >= 15 is 0 Å². The zero-order chi connectivity index (χ0) is 11.0. The molecule has 3 rings (SSSR count). The Balaban J connectivity index is 1.73. The molecule has 4 heteroatoms. The van der Waals surface area contributed by atoms with E-state index < -0.39 is 0 Å². The fraction of sp³-hybridized carbons (Fsp3) is 0.500. The maximum atomic E-state index is 12.2. The molecule has 0 bridgehead atoms. The first-order valence-electron chi connectivity index (χ1n) is 5.74. The minimum Gasteiger partial charge on any atom is -0.338 e. The molecule has 2 atom stereocenters. The summed E-state index contributed by atoms with van der Waals surface area (Å²) in [5, 5.41) is 3.38. The number of hydrogen-bond donors (Lipinski definition) is 1. The summed E-state index contributed by atoms with van der Waals surface area (Å²) < 4.78 is 0. The second-order valence-corrected chi connectivity index (χ2v) is 4.62. The number of nitrogens with zero attached hydrogens (tertiary/aromatic N) is 2. The lowest BCUT2D eigenvalue weighted by Gasteiger charge is -2.17. The van der Waals surface area contributed by atoms with Crippen molar-refractivity contribution in [2.24, 2.45) is 11.8 Å². The van der Waals surface area contributed by atoms with Crippen LogP contribution in [0.4, 0.5) is 0 Å². The number of aromatic nitrogens is 1. The van der Waals surface area contributed by atoms with E-state index in [9.17, 15) is 4.79 Å². The van der Waals surface area contributed by atoms with E-state index in [0.29, 0.717) is 11.8 Å². The molecule has 1 aromatic rings. The van der Waals surface area contributed by atoms with Gasteiger partial charge in [0.2, 0.25) is 0 Å². The smallest absolute Gasteiger partial charge is 0.253 e. The molecule has 2 aliphatic rings. The van der Waals surface area contributed by atoms with Crippen molar-refractivity contribution in [3.63, 3.8) is 0 Å². The lowest BCUT2D eigenvalue weighted by molar-refractivity contribution is 0.0781. The molecule has 84 valence electrons. The molecule has 1 unspecified atom stereocenters. The van der Waals surface area contributed by atoms with Crippen LogP contribution in [0.1, 0.15) is 10.4 Å². The van der Waals surface area contributed by atoms with Crippen LogP contribution in [0.2, 0.25) is 0 Å². The molecule has 1 amide bonds. The first-order chi connectivity index (χ1) is 7.84. The molecule has 2 aliphatic heterocycles. The van der Waals surface area contributed by atoms with Gasteiger partial charge in [-0.25, -0.2) is 0 Å². The van der Waals surface area contributed by atoms with E-state index in [1.54, 1.807) is 24.5 Å². The summed E-state index contributed by atoms with van der Waals surface area (Å²) in [5.41, 5.74) is 0.753. The van der Waals surface area contributed by atoms with Gasteiger partial charge >= 0.3 is 0 Å². The molecule has 0 aliphatic carbocycles. The maximum absolute atomic E-state index is 12.2. The van der Waals surface area contributed by atoms with Gasteiger partial charge in [-0.15, -0.1) is 0 Å². The van der Waals surface area contributed by atoms with Crippen molar-refractivity contribution in [2.45, 2.75) is 0 Å². The first kappa shape index (κ1) is 9.78. The topological polar surface area (TPSA) is 45.2 Å². The largest absolute Gasteiger partial charge is 0.338 e. The number of pyridine rings is 1. The second-order valence-electron chi connectivity index (χ2n) is 4.62. The van der Waals surface area contributed by atoms with Crippen LogP contribution in [0.15, 0.2) is 24.5 Å². The Hall–Kier alpha value is -1.42. The van der Waals surface area contributed by atoms with Gasteiger partial charge < -0.3 is 10.2 Å². The van der Waals surface area contributed by atoms with Crippen LogP contribution < -0.4 is 5.32 Å². The van der Waals surface area contributed by atoms with Crippen LogP contribution in [-0.2, 0) is 0 Å². The molecule has 0 spiro atoms. The van der Waals surface area contributed by atoms with Crippen molar-refractivity contribution in [1.29, 1.82) is 0 Å². The highest BCUT2D eigenvalue weighted by molar-refractivity contribution is 5.94. The molecule has 0 radical (unpaired) electrons. The summed E-state index contributed by atoms with van der Waals surface area (Å²) in [7, 11) is 0. The third-order valence-electron chi connectivity index (χ3n) is 3.60. The molecule has 2 saturated heterocycles. The minimum atomic E-state index is 0.150. The van der Waals surface area contributed by atoms with Gasteiger partial charge in [0, 0.05) is 44.1 Å². The monoisotopic (exact) mass is 217 g/mol. The molecule has 16 heavy (non-hydrogen) atoms. The molecule has 0 saturated carbocycles. The number of amides is 1. The highest BCUT2D eigenvalue weighted by Crippen LogP contribution is 2.27. The van der Waals surface area contributed by atoms with E-state index in [0.717, 1.165) is 31.7 Å². The van der Waals surface area contributed by atoms with Crippen LogP contribution in [0.25, 0.3) is 0 Å². The number of fused-ring (bicyclic) bond motifs is 1. The van der Waals surface area contributed by atoms with E-state index in [2.05, 4.69) is 10.3 Å². The Morgan fingerprint density at radius 1 is 1.25 bits per heavy atom. The van der Waals surface area contributed by atoms with Crippen molar-refractivity contribution in [3.05, 3.63) is 30.1 Å². The zero-order valence-corrected chi connectivity index (χ0v) is 9.10. The van der Waals surface area contributed by atoms with Gasteiger partial charge in [0.05, 0.1) is 0 Å². The summed E-state index contributed by atoms with van der Waals surface area (Å²) >= 11 is 0. The van der Waals surface area contributed by atoms with Gasteiger partial charge in [-0.05, 0) is 24.0 Å². The van der Waals surface area contributed by atoms with Crippen LogP contribution >= 0.6 is 0 Å². The molecule has 2 fully saturated rings. The van der Waals surface area contributed by atoms with Crippen molar-refractivity contribution in [1.82, 2.24) is 15.2 Å². The number of hydrogen-bond acceptors (Lipinski definition) is 3. The van der Waals surface area contributed by atoms with Crippen LogP contribution in [0, 0.1) is 11.8 Å². The Labute approximate surface area is 94.7 Å². The second kappa shape index (κ2) is 3.87. The van der Waals surface area contributed by atoms with Crippen LogP contribution in [-0.4, -0.2) is 42.0 Å². The average molecular weight is 217 g/mol. The van der Waals surface area contributed by atoms with Crippen molar-refractivity contribution in [2.75, 3.05) is 26.2 Å². The average Bonchev–Trinajstić information content (AvgIpc) is 2.89. The van der Waals surface area contributed by atoms with Crippen molar-refractivity contribution >= 4 is 5.91 Å². The molecule has 3 heterocycles. The molecule has 0 aromatic carbocycles. The number of carbonyl (C=O) groups is 1. The summed E-state index contributed by atoms with van der Waals surface area (Å²) in [5.74, 6) is 1.47. The maximum Gasteiger partial charge on any atom is 0.253 e. The van der Waals surface area contributed by atoms with Gasteiger partial charge in [0.1, 0.15) is 0 Å². The summed E-state index contributed by atoms with van der Waals surface area (Å²) in [6.45, 7) is 3.92. The van der Waals surface area contributed by atoms with Gasteiger partial charge in [-0.1, -0.05) is 0 Å². The van der Waals surface area contributed by atoms with Crippen molar-refractivity contribution in [3.8, 4) is 0 Å². The standard InChI is InChI=1S/C12H15N3O/c16-12(9-1-3-13-4-2-9)15-7-10-5-14-6-11(10)8-15/h1-4,10-11,14H,5-8H2/t10-,11?/m0/s1. The predicted octanol–water partition coefficient (Wildman–Crippen LogP) is 0.373. The van der Waals surface area contributed by atoms with E-state index in [1.165, 1.54) is 0 Å². The van der Waals surface area contributed by atoms with Gasteiger partial charge in [-0.3, -0.25) is 9.78 Å². The third kappa shape index (κ3) is 1.59. The van der Waals surface area contributed by atoms with Gasteiger partial charge in [-0.2, -0.15) is 0 Å². The van der Waals surface area contributed by atoms with Crippen LogP contribution in [0.5, 0.6) is 0 Å². The Morgan fingerprint density at radius 2 is 1.88 bits per heavy atom. The summed E-state index contributed by atoms with van der Waals surface area (Å²) in [4.78, 5) is 18.1. The fourth-order valence-electron chi connectivity index (χ4n) is 2.70. The summed E-state index contributed by atoms with van der Waals surface area (Å²) in [6, 6.07) is 3.57. The highest BCUT2D eigenvalue weighted by atomic mass is 16.2. The predicted molar refractivity (Wildman–Crippen MR) is 60.0 cm³/mol. The van der Waals surface area contributed by atoms with Crippen molar-refractivity contribution < 1.29 is 4.79 Å². The molecule has 1 N–H and O–H groups in total. The molecule has 1 aromatic heterocycles. The minimum absolute atomic E-state index is 0.150. The Kier molecular flexibility index (Phi) is 2.36. The van der Waals surface area contributed by atoms with Gasteiger partial charge in [0.15, 0.2) is 0 Å². The molecular formula is C12H15N3O. The lowest BCUT2D eigenvalue weighted by Crippen LogP contribution is -2.31. The number of carbonyl (C=O) groups excluding carboxylic acids is 1. The number of rotatable bonds is 1. The third-order valence-corrected chi connectivity index (χ3v) is 3.60. The Morgan fingerprint density at radius 3 is 2.50 bits per heavy atom. The van der Waals surface area contributed by atoms with Gasteiger partial charge in [0.25, 0.3) is 5.91 Å². The van der Waals surface area contributed by atoms with E-state index in [4.69, 9.17) is 0 Å². The zero-order valence-electron chi connectivity index (χ0n) is 9.10. The quantitative estimate of drug-likeness (QED) is 0.739. The molecular weight excluding hydrogens is 202 g/mol. The Bertz CT molecular complexity index is 381. The normalized spacial score (nSPS) is 28.1. The molecule has 4 nitrogen and oxygen atoms in total. The first-order valence-corrected chi connectivity index (χ1v) is 5.74. The van der Waals surface area contributed by atoms with Crippen LogP contribution in [0.3, 0.4) is 0 Å². The fourth-order valence-corrected chi connectivity index (χ4v) is 2.70. The SMILES string of the molecule is O=C(c1ccncc1)N1CC2CNC[C@H]2C1. The lowest BCUT2D eigenvalue weighted by atomic mass is 10.0. The highest BCUT2D eigenvalue weighted by Gasteiger charge is 2.38. The number of likely N-dealkylation sites (tertiary alicyclic amines) is 1. The van der Waals surface area contributed by atoms with E-state index in [-0.39, 0.29) is 5.91 Å². The van der Waals surface area contributed by atoms with E-state index in [1.807, 2.05) is 4.90 Å². The summed E-state index contributed by atoms with van der Waals surface area (Å²) in [6.07, 6.45) is 3.34. The number of nitrogens with one attached hydrogen (secondary N) is 1.